The molecule has 0 amide bonds. The van der Waals surface area contributed by atoms with Crippen molar-refractivity contribution >= 4 is 11.6 Å². The van der Waals surface area contributed by atoms with Crippen LogP contribution < -0.4 is 15.0 Å². The summed E-state index contributed by atoms with van der Waals surface area (Å²) in [5.74, 6) is 2.52. The summed E-state index contributed by atoms with van der Waals surface area (Å²) >= 11 is 0. The van der Waals surface area contributed by atoms with Crippen LogP contribution in [0, 0.1) is 0 Å². The first kappa shape index (κ1) is 20.9. The lowest BCUT2D eigenvalue weighted by Crippen LogP contribution is -2.20. The minimum Gasteiger partial charge on any atom is -0.496 e. The Bertz CT molecular complexity index is 756. The highest BCUT2D eigenvalue weighted by Gasteiger charge is 2.19. The summed E-state index contributed by atoms with van der Waals surface area (Å²) in [5, 5.41) is 3.58. The molecule has 0 radical (unpaired) electrons. The van der Waals surface area contributed by atoms with Gasteiger partial charge in [-0.3, -0.25) is 0 Å². The maximum absolute atomic E-state index is 5.64. The van der Waals surface area contributed by atoms with Crippen LogP contribution in [-0.4, -0.2) is 42.2 Å². The van der Waals surface area contributed by atoms with Crippen LogP contribution in [0.4, 0.5) is 11.6 Å². The number of rotatable bonds is 9. The van der Waals surface area contributed by atoms with Crippen LogP contribution in [0.25, 0.3) is 11.3 Å². The summed E-state index contributed by atoms with van der Waals surface area (Å²) < 4.78 is 5.64. The second-order valence-electron chi connectivity index (χ2n) is 6.82. The molecule has 2 heterocycles. The van der Waals surface area contributed by atoms with Crippen LogP contribution in [0.5, 0.6) is 5.75 Å². The standard InChI is InChI=1S/C21H33N5O/c1-8-14(9-2)23-21-17(11-4)24-20(16(10-3)25-21)15-13-22-19(26(5)6)12-18(15)27-7/h12-14H,8-11H2,1-7H3,(H,23,25). The Balaban J connectivity index is 2.57. The third kappa shape index (κ3) is 4.67. The van der Waals surface area contributed by atoms with Crippen LogP contribution in [0.2, 0.25) is 0 Å². The molecule has 2 aromatic heterocycles. The average Bonchev–Trinajstić information content (AvgIpc) is 2.70. The van der Waals surface area contributed by atoms with E-state index in [1.54, 1.807) is 7.11 Å². The molecular formula is C21H33N5O. The smallest absolute Gasteiger partial charge is 0.148 e. The number of nitrogens with zero attached hydrogens (tertiary/aromatic N) is 4. The topological polar surface area (TPSA) is 63.2 Å². The van der Waals surface area contributed by atoms with Crippen molar-refractivity contribution in [3.63, 3.8) is 0 Å². The SMILES string of the molecule is CCc1nc(-c2cnc(N(C)C)cc2OC)c(CC)nc1NC(CC)CC. The fourth-order valence-electron chi connectivity index (χ4n) is 3.03. The van der Waals surface area contributed by atoms with Crippen molar-refractivity contribution in [1.82, 2.24) is 15.0 Å². The van der Waals surface area contributed by atoms with E-state index in [1.165, 1.54) is 0 Å². The molecular weight excluding hydrogens is 338 g/mol. The Morgan fingerprint density at radius 1 is 1.04 bits per heavy atom. The van der Waals surface area contributed by atoms with Crippen LogP contribution in [0.15, 0.2) is 12.3 Å². The molecule has 0 atom stereocenters. The van der Waals surface area contributed by atoms with E-state index in [1.807, 2.05) is 31.3 Å². The number of ether oxygens (including phenoxy) is 1. The zero-order chi connectivity index (χ0) is 20.0. The van der Waals surface area contributed by atoms with Crippen molar-refractivity contribution in [2.45, 2.75) is 59.4 Å². The average molecular weight is 372 g/mol. The Labute approximate surface area is 163 Å². The van der Waals surface area contributed by atoms with Gasteiger partial charge in [0.2, 0.25) is 0 Å². The Hall–Kier alpha value is -2.37. The van der Waals surface area contributed by atoms with Gasteiger partial charge in [0.25, 0.3) is 0 Å². The highest BCUT2D eigenvalue weighted by Crippen LogP contribution is 2.33. The zero-order valence-electron chi connectivity index (χ0n) is 17.8. The normalized spacial score (nSPS) is 11.0. The predicted molar refractivity (Wildman–Crippen MR) is 113 cm³/mol. The first-order valence-corrected chi connectivity index (χ1v) is 9.86. The Kier molecular flexibility index (Phi) is 7.39. The van der Waals surface area contributed by atoms with Gasteiger partial charge in [-0.2, -0.15) is 0 Å². The van der Waals surface area contributed by atoms with E-state index >= 15 is 0 Å². The van der Waals surface area contributed by atoms with Gasteiger partial charge in [-0.05, 0) is 25.7 Å². The van der Waals surface area contributed by atoms with Crippen molar-refractivity contribution in [3.8, 4) is 17.0 Å². The fourth-order valence-corrected chi connectivity index (χ4v) is 3.03. The lowest BCUT2D eigenvalue weighted by atomic mass is 10.1. The van der Waals surface area contributed by atoms with Crippen LogP contribution >= 0.6 is 0 Å². The highest BCUT2D eigenvalue weighted by atomic mass is 16.5. The summed E-state index contributed by atoms with van der Waals surface area (Å²) in [6.45, 7) is 8.60. The van der Waals surface area contributed by atoms with Gasteiger partial charge in [0.05, 0.1) is 29.8 Å². The van der Waals surface area contributed by atoms with Gasteiger partial charge >= 0.3 is 0 Å². The van der Waals surface area contributed by atoms with Crippen molar-refractivity contribution in [3.05, 3.63) is 23.7 Å². The molecule has 27 heavy (non-hydrogen) atoms. The van der Waals surface area contributed by atoms with Crippen molar-refractivity contribution in [1.29, 1.82) is 0 Å². The van der Waals surface area contributed by atoms with E-state index in [0.29, 0.717) is 6.04 Å². The molecule has 0 saturated carbocycles. The van der Waals surface area contributed by atoms with Gasteiger partial charge in [0.1, 0.15) is 17.4 Å². The molecule has 0 fully saturated rings. The third-order valence-electron chi connectivity index (χ3n) is 4.82. The first-order chi connectivity index (χ1) is 13.0. The maximum atomic E-state index is 5.64. The molecule has 6 heteroatoms. The number of methoxy groups -OCH3 is 1. The Morgan fingerprint density at radius 2 is 1.70 bits per heavy atom. The van der Waals surface area contributed by atoms with Gasteiger partial charge in [0, 0.05) is 32.4 Å². The van der Waals surface area contributed by atoms with Crippen molar-refractivity contribution in [2.24, 2.45) is 0 Å². The van der Waals surface area contributed by atoms with Crippen molar-refractivity contribution in [2.75, 3.05) is 31.4 Å². The number of nitrogens with one attached hydrogen (secondary N) is 1. The van der Waals surface area contributed by atoms with Crippen molar-refractivity contribution < 1.29 is 4.74 Å². The number of aryl methyl sites for hydroxylation is 2. The predicted octanol–water partition coefficient (Wildman–Crippen LogP) is 4.34. The second kappa shape index (κ2) is 9.53. The third-order valence-corrected chi connectivity index (χ3v) is 4.82. The van der Waals surface area contributed by atoms with Gasteiger partial charge in [-0.25, -0.2) is 15.0 Å². The number of hydrogen-bond acceptors (Lipinski definition) is 6. The van der Waals surface area contributed by atoms with Gasteiger partial charge < -0.3 is 15.0 Å². The fraction of sp³-hybridized carbons (Fsp3) is 0.571. The van der Waals surface area contributed by atoms with Gasteiger partial charge in [0.15, 0.2) is 0 Å². The monoisotopic (exact) mass is 371 g/mol. The summed E-state index contributed by atoms with van der Waals surface area (Å²) in [6, 6.07) is 2.36. The molecule has 0 saturated heterocycles. The molecule has 2 rings (SSSR count). The molecule has 0 aliphatic carbocycles. The van der Waals surface area contributed by atoms with Crippen LogP contribution in [0.1, 0.15) is 51.9 Å². The van der Waals surface area contributed by atoms with E-state index in [0.717, 1.165) is 65.7 Å². The minimum atomic E-state index is 0.413. The molecule has 0 aliphatic rings. The number of hydrogen-bond donors (Lipinski definition) is 1. The van der Waals surface area contributed by atoms with E-state index in [9.17, 15) is 0 Å². The Morgan fingerprint density at radius 3 is 2.22 bits per heavy atom. The molecule has 0 unspecified atom stereocenters. The van der Waals surface area contributed by atoms with E-state index in [-0.39, 0.29) is 0 Å². The minimum absolute atomic E-state index is 0.413. The number of aromatic nitrogens is 3. The zero-order valence-corrected chi connectivity index (χ0v) is 17.8. The number of pyridine rings is 1. The van der Waals surface area contributed by atoms with Crippen LogP contribution in [0.3, 0.4) is 0 Å². The number of anilines is 2. The lowest BCUT2D eigenvalue weighted by molar-refractivity contribution is 0.415. The summed E-state index contributed by atoms with van der Waals surface area (Å²) in [7, 11) is 5.61. The highest BCUT2D eigenvalue weighted by molar-refractivity contribution is 5.71. The molecule has 148 valence electrons. The quantitative estimate of drug-likeness (QED) is 0.707. The van der Waals surface area contributed by atoms with Crippen LogP contribution in [-0.2, 0) is 12.8 Å². The lowest BCUT2D eigenvalue weighted by Gasteiger charge is -2.20. The summed E-state index contributed by atoms with van der Waals surface area (Å²) in [5.41, 5.74) is 3.68. The largest absolute Gasteiger partial charge is 0.496 e. The summed E-state index contributed by atoms with van der Waals surface area (Å²) in [6.07, 6.45) is 5.58. The molecule has 0 aliphatic heterocycles. The molecule has 6 nitrogen and oxygen atoms in total. The molecule has 2 aromatic rings. The first-order valence-electron chi connectivity index (χ1n) is 9.86. The molecule has 0 bridgehead atoms. The second-order valence-corrected chi connectivity index (χ2v) is 6.82. The molecule has 0 spiro atoms. The molecule has 0 aromatic carbocycles. The molecule has 1 N–H and O–H groups in total. The van der Waals surface area contributed by atoms with Gasteiger partial charge in [-0.1, -0.05) is 27.7 Å². The summed E-state index contributed by atoms with van der Waals surface area (Å²) in [4.78, 5) is 16.4. The van der Waals surface area contributed by atoms with E-state index < -0.39 is 0 Å². The van der Waals surface area contributed by atoms with E-state index in [4.69, 9.17) is 14.7 Å². The van der Waals surface area contributed by atoms with Gasteiger partial charge in [-0.15, -0.1) is 0 Å². The van der Waals surface area contributed by atoms with E-state index in [2.05, 4.69) is 38.0 Å². The maximum Gasteiger partial charge on any atom is 0.148 e.